The standard InChI is InChI=1S/C19H20FNOS/c1-13(23-12-14-5-8-17(20)9-6-14)19(22)21-18-10-7-15-3-2-4-16(15)11-18/h5-11,13H,2-4,12H2,1H3,(H,21,22). The number of benzene rings is 2. The van der Waals surface area contributed by atoms with Crippen LogP contribution in [0.15, 0.2) is 42.5 Å². The Kier molecular flexibility index (Phi) is 5.01. The number of halogens is 1. The van der Waals surface area contributed by atoms with Crippen LogP contribution in [0.2, 0.25) is 0 Å². The van der Waals surface area contributed by atoms with Gasteiger partial charge in [0.15, 0.2) is 0 Å². The van der Waals surface area contributed by atoms with Crippen molar-refractivity contribution >= 4 is 23.4 Å². The topological polar surface area (TPSA) is 29.1 Å². The summed E-state index contributed by atoms with van der Waals surface area (Å²) < 4.78 is 12.9. The zero-order valence-corrected chi connectivity index (χ0v) is 14.0. The van der Waals surface area contributed by atoms with Gasteiger partial charge in [0.1, 0.15) is 5.82 Å². The van der Waals surface area contributed by atoms with Crippen molar-refractivity contribution in [3.05, 3.63) is 65.0 Å². The van der Waals surface area contributed by atoms with Crippen molar-refractivity contribution in [3.8, 4) is 0 Å². The molecule has 1 aliphatic carbocycles. The van der Waals surface area contributed by atoms with Crippen LogP contribution in [-0.4, -0.2) is 11.2 Å². The molecule has 2 aromatic carbocycles. The fourth-order valence-electron chi connectivity index (χ4n) is 2.77. The highest BCUT2D eigenvalue weighted by Crippen LogP contribution is 2.26. The first-order valence-corrected chi connectivity index (χ1v) is 8.95. The van der Waals surface area contributed by atoms with Crippen molar-refractivity contribution in [1.29, 1.82) is 0 Å². The number of thioether (sulfide) groups is 1. The van der Waals surface area contributed by atoms with E-state index in [-0.39, 0.29) is 17.0 Å². The maximum atomic E-state index is 12.9. The van der Waals surface area contributed by atoms with Crippen molar-refractivity contribution in [2.24, 2.45) is 0 Å². The van der Waals surface area contributed by atoms with Gasteiger partial charge >= 0.3 is 0 Å². The molecule has 0 bridgehead atoms. The third-order valence-corrected chi connectivity index (χ3v) is 5.36. The molecule has 0 saturated heterocycles. The molecular weight excluding hydrogens is 309 g/mol. The van der Waals surface area contributed by atoms with E-state index >= 15 is 0 Å². The van der Waals surface area contributed by atoms with Gasteiger partial charge in [0, 0.05) is 11.4 Å². The quantitative estimate of drug-likeness (QED) is 0.870. The third kappa shape index (κ3) is 4.14. The molecule has 4 heteroatoms. The summed E-state index contributed by atoms with van der Waals surface area (Å²) in [4.78, 5) is 12.3. The molecule has 2 aromatic rings. The second kappa shape index (κ2) is 7.18. The number of nitrogens with one attached hydrogen (secondary N) is 1. The average Bonchev–Trinajstić information content (AvgIpc) is 3.01. The maximum Gasteiger partial charge on any atom is 0.237 e. The molecule has 1 unspecified atom stereocenters. The highest BCUT2D eigenvalue weighted by atomic mass is 32.2. The van der Waals surface area contributed by atoms with Crippen LogP contribution < -0.4 is 5.32 Å². The predicted molar refractivity (Wildman–Crippen MR) is 94.3 cm³/mol. The highest BCUT2D eigenvalue weighted by molar-refractivity contribution is 7.99. The number of amides is 1. The summed E-state index contributed by atoms with van der Waals surface area (Å²) in [6, 6.07) is 12.6. The molecule has 1 N–H and O–H groups in total. The molecule has 23 heavy (non-hydrogen) atoms. The van der Waals surface area contributed by atoms with Crippen LogP contribution in [0.5, 0.6) is 0 Å². The van der Waals surface area contributed by atoms with Gasteiger partial charge < -0.3 is 5.32 Å². The summed E-state index contributed by atoms with van der Waals surface area (Å²) in [5.41, 5.74) is 4.66. The van der Waals surface area contributed by atoms with E-state index in [4.69, 9.17) is 0 Å². The predicted octanol–water partition coefficient (Wildman–Crippen LogP) is 4.57. The van der Waals surface area contributed by atoms with E-state index in [9.17, 15) is 9.18 Å². The third-order valence-electron chi connectivity index (χ3n) is 4.15. The lowest BCUT2D eigenvalue weighted by molar-refractivity contribution is -0.115. The minimum Gasteiger partial charge on any atom is -0.325 e. The Morgan fingerprint density at radius 3 is 2.70 bits per heavy atom. The van der Waals surface area contributed by atoms with Gasteiger partial charge in [-0.2, -0.15) is 0 Å². The summed E-state index contributed by atoms with van der Waals surface area (Å²) in [6.07, 6.45) is 3.46. The lowest BCUT2D eigenvalue weighted by Crippen LogP contribution is -2.22. The number of carbonyl (C=O) groups is 1. The fraction of sp³-hybridized carbons (Fsp3) is 0.316. The van der Waals surface area contributed by atoms with Gasteiger partial charge in [0.2, 0.25) is 5.91 Å². The normalized spacial score (nSPS) is 14.3. The Bertz CT molecular complexity index is 699. The van der Waals surface area contributed by atoms with E-state index < -0.39 is 0 Å². The number of rotatable bonds is 5. The summed E-state index contributed by atoms with van der Waals surface area (Å²) in [5, 5.41) is 2.84. The zero-order valence-electron chi connectivity index (χ0n) is 13.1. The summed E-state index contributed by atoms with van der Waals surface area (Å²) in [7, 11) is 0. The molecule has 120 valence electrons. The molecule has 0 fully saturated rings. The fourth-order valence-corrected chi connectivity index (χ4v) is 3.62. The zero-order chi connectivity index (χ0) is 16.2. The average molecular weight is 329 g/mol. The lowest BCUT2D eigenvalue weighted by atomic mass is 10.1. The number of hydrogen-bond acceptors (Lipinski definition) is 2. The number of anilines is 1. The van der Waals surface area contributed by atoms with Crippen LogP contribution in [0.1, 0.15) is 30.0 Å². The number of carbonyl (C=O) groups excluding carboxylic acids is 1. The van der Waals surface area contributed by atoms with Crippen LogP contribution in [-0.2, 0) is 23.4 Å². The van der Waals surface area contributed by atoms with Crippen LogP contribution in [0.4, 0.5) is 10.1 Å². The van der Waals surface area contributed by atoms with Crippen molar-refractivity contribution in [2.45, 2.75) is 37.2 Å². The van der Waals surface area contributed by atoms with Gasteiger partial charge in [-0.1, -0.05) is 18.2 Å². The minimum atomic E-state index is -0.235. The number of aryl methyl sites for hydroxylation is 2. The number of hydrogen-bond donors (Lipinski definition) is 1. The second-order valence-electron chi connectivity index (χ2n) is 5.91. The molecule has 1 atom stereocenters. The molecular formula is C19H20FNOS. The Labute approximate surface area is 140 Å². The van der Waals surface area contributed by atoms with Crippen molar-refractivity contribution in [1.82, 2.24) is 0 Å². The molecule has 0 aliphatic heterocycles. The summed E-state index contributed by atoms with van der Waals surface area (Å²) in [6.45, 7) is 1.90. The van der Waals surface area contributed by atoms with Crippen LogP contribution in [0, 0.1) is 5.82 Å². The maximum absolute atomic E-state index is 12.9. The van der Waals surface area contributed by atoms with Crippen LogP contribution in [0.3, 0.4) is 0 Å². The monoisotopic (exact) mass is 329 g/mol. The molecule has 3 rings (SSSR count). The van der Waals surface area contributed by atoms with Gasteiger partial charge in [-0.25, -0.2) is 4.39 Å². The highest BCUT2D eigenvalue weighted by Gasteiger charge is 2.16. The smallest absolute Gasteiger partial charge is 0.237 e. The molecule has 0 aromatic heterocycles. The molecule has 0 spiro atoms. The number of fused-ring (bicyclic) bond motifs is 1. The largest absolute Gasteiger partial charge is 0.325 e. The van der Waals surface area contributed by atoms with Crippen molar-refractivity contribution in [2.75, 3.05) is 5.32 Å². The van der Waals surface area contributed by atoms with E-state index in [2.05, 4.69) is 17.4 Å². The molecule has 0 saturated carbocycles. The molecule has 0 heterocycles. The Morgan fingerprint density at radius 2 is 1.91 bits per heavy atom. The van der Waals surface area contributed by atoms with E-state index in [0.717, 1.165) is 24.1 Å². The van der Waals surface area contributed by atoms with Crippen molar-refractivity contribution < 1.29 is 9.18 Å². The first-order valence-electron chi connectivity index (χ1n) is 7.90. The Balaban J connectivity index is 1.54. The SMILES string of the molecule is CC(SCc1ccc(F)cc1)C(=O)Nc1ccc2c(c1)CCC2. The molecule has 1 amide bonds. The van der Waals surface area contributed by atoms with Gasteiger partial charge in [-0.3, -0.25) is 4.79 Å². The van der Waals surface area contributed by atoms with Crippen LogP contribution in [0.25, 0.3) is 0 Å². The Morgan fingerprint density at radius 1 is 1.17 bits per heavy atom. The van der Waals surface area contributed by atoms with Gasteiger partial charge in [0.25, 0.3) is 0 Å². The lowest BCUT2D eigenvalue weighted by Gasteiger charge is -2.13. The molecule has 0 radical (unpaired) electrons. The molecule has 2 nitrogen and oxygen atoms in total. The van der Waals surface area contributed by atoms with Gasteiger partial charge in [0.05, 0.1) is 5.25 Å². The van der Waals surface area contributed by atoms with E-state index in [1.165, 1.54) is 29.7 Å². The second-order valence-corrected chi connectivity index (χ2v) is 7.24. The first-order chi connectivity index (χ1) is 11.1. The minimum absolute atomic E-state index is 0.00931. The van der Waals surface area contributed by atoms with E-state index in [0.29, 0.717) is 5.75 Å². The first kappa shape index (κ1) is 16.1. The van der Waals surface area contributed by atoms with Crippen LogP contribution >= 0.6 is 11.8 Å². The van der Waals surface area contributed by atoms with E-state index in [1.807, 2.05) is 13.0 Å². The summed E-state index contributed by atoms with van der Waals surface area (Å²) in [5.74, 6) is 0.468. The Hall–Kier alpha value is -1.81. The van der Waals surface area contributed by atoms with Gasteiger partial charge in [-0.05, 0) is 67.1 Å². The van der Waals surface area contributed by atoms with Gasteiger partial charge in [-0.15, -0.1) is 11.8 Å². The molecule has 1 aliphatic rings. The van der Waals surface area contributed by atoms with E-state index in [1.54, 1.807) is 23.9 Å². The summed E-state index contributed by atoms with van der Waals surface area (Å²) >= 11 is 1.55. The van der Waals surface area contributed by atoms with Crippen molar-refractivity contribution in [3.63, 3.8) is 0 Å².